The molecule has 1 aliphatic heterocycles. The van der Waals surface area contributed by atoms with Gasteiger partial charge in [-0.3, -0.25) is 0 Å². The number of rotatable bonds is 8. The summed E-state index contributed by atoms with van der Waals surface area (Å²) in [6.07, 6.45) is 0.844. The highest BCUT2D eigenvalue weighted by atomic mass is 32.1. The summed E-state index contributed by atoms with van der Waals surface area (Å²) in [5, 5.41) is 8.42. The van der Waals surface area contributed by atoms with Gasteiger partial charge >= 0.3 is 0 Å². The van der Waals surface area contributed by atoms with E-state index in [-0.39, 0.29) is 6.04 Å². The molecule has 0 saturated carbocycles. The van der Waals surface area contributed by atoms with Crippen LogP contribution in [0, 0.1) is 6.92 Å². The van der Waals surface area contributed by atoms with Gasteiger partial charge < -0.3 is 24.2 Å². The molecular formula is C25H28N4O3S. The van der Waals surface area contributed by atoms with Crippen molar-refractivity contribution in [1.29, 1.82) is 0 Å². The second kappa shape index (κ2) is 10.1. The standard InChI is InChI=1S/C25H28N4O3S/c1-16-9-11-18(12-10-16)22-21(17(2)29(25(33)26-22)13-6-14-30-3)24-27-23(28-32-24)19-7-5-8-20(15-19)31-4/h5,7-12,15,22H,6,13-14H2,1-4H3,(H,26,33). The normalized spacial score (nSPS) is 16.2. The summed E-state index contributed by atoms with van der Waals surface area (Å²) in [6, 6.07) is 15.8. The average Bonchev–Trinajstić information content (AvgIpc) is 3.31. The van der Waals surface area contributed by atoms with Crippen LogP contribution in [0.2, 0.25) is 0 Å². The molecule has 1 unspecified atom stereocenters. The van der Waals surface area contributed by atoms with Crippen molar-refractivity contribution >= 4 is 22.9 Å². The molecule has 1 N–H and O–H groups in total. The Morgan fingerprint density at radius 2 is 1.91 bits per heavy atom. The molecule has 2 aromatic carbocycles. The number of methoxy groups -OCH3 is 2. The van der Waals surface area contributed by atoms with E-state index in [0.29, 0.717) is 23.4 Å². The molecule has 33 heavy (non-hydrogen) atoms. The van der Waals surface area contributed by atoms with Gasteiger partial charge in [0.2, 0.25) is 5.82 Å². The lowest BCUT2D eigenvalue weighted by Gasteiger charge is -2.37. The quantitative estimate of drug-likeness (QED) is 0.378. The molecule has 0 radical (unpaired) electrons. The van der Waals surface area contributed by atoms with Crippen LogP contribution in [0.15, 0.2) is 58.8 Å². The van der Waals surface area contributed by atoms with E-state index >= 15 is 0 Å². The van der Waals surface area contributed by atoms with Crippen molar-refractivity contribution in [1.82, 2.24) is 20.4 Å². The predicted octanol–water partition coefficient (Wildman–Crippen LogP) is 4.75. The van der Waals surface area contributed by atoms with E-state index in [9.17, 15) is 0 Å². The summed E-state index contributed by atoms with van der Waals surface area (Å²) in [4.78, 5) is 6.83. The fourth-order valence-electron chi connectivity index (χ4n) is 3.92. The van der Waals surface area contributed by atoms with Gasteiger partial charge in [0.1, 0.15) is 5.75 Å². The monoisotopic (exact) mass is 464 g/mol. The molecule has 0 aliphatic carbocycles. The first kappa shape index (κ1) is 22.9. The van der Waals surface area contributed by atoms with Gasteiger partial charge in [-0.05, 0) is 50.2 Å². The zero-order chi connectivity index (χ0) is 23.4. The maximum Gasteiger partial charge on any atom is 0.258 e. The summed E-state index contributed by atoms with van der Waals surface area (Å²) in [6.45, 7) is 5.50. The number of hydrogen-bond acceptors (Lipinski definition) is 6. The summed E-state index contributed by atoms with van der Waals surface area (Å²) in [5.41, 5.74) is 4.99. The Morgan fingerprint density at radius 1 is 1.12 bits per heavy atom. The van der Waals surface area contributed by atoms with Crippen LogP contribution in [-0.2, 0) is 4.74 Å². The molecule has 0 bridgehead atoms. The Morgan fingerprint density at radius 3 is 2.64 bits per heavy atom. The van der Waals surface area contributed by atoms with Gasteiger partial charge in [-0.1, -0.05) is 47.1 Å². The number of aromatic nitrogens is 2. The molecule has 3 aromatic rings. The van der Waals surface area contributed by atoms with E-state index in [1.54, 1.807) is 14.2 Å². The second-order valence-corrected chi connectivity index (χ2v) is 8.33. The van der Waals surface area contributed by atoms with Crippen LogP contribution in [-0.4, -0.2) is 47.5 Å². The van der Waals surface area contributed by atoms with E-state index in [1.165, 1.54) is 5.56 Å². The topological polar surface area (TPSA) is 72.7 Å². The van der Waals surface area contributed by atoms with Crippen LogP contribution in [0.25, 0.3) is 17.0 Å². The highest BCUT2D eigenvalue weighted by Gasteiger charge is 2.33. The third-order valence-corrected chi connectivity index (χ3v) is 6.06. The maximum absolute atomic E-state index is 5.79. The summed E-state index contributed by atoms with van der Waals surface area (Å²) in [5.74, 6) is 1.70. The lowest BCUT2D eigenvalue weighted by atomic mass is 9.94. The smallest absolute Gasteiger partial charge is 0.258 e. The van der Waals surface area contributed by atoms with Gasteiger partial charge in [-0.15, -0.1) is 0 Å². The molecule has 0 amide bonds. The number of benzene rings is 2. The first-order chi connectivity index (χ1) is 16.0. The summed E-state index contributed by atoms with van der Waals surface area (Å²) < 4.78 is 16.4. The van der Waals surface area contributed by atoms with Gasteiger partial charge in [-0.25, -0.2) is 0 Å². The highest BCUT2D eigenvalue weighted by molar-refractivity contribution is 7.80. The lowest BCUT2D eigenvalue weighted by molar-refractivity contribution is 0.188. The van der Waals surface area contributed by atoms with Crippen LogP contribution in [0.1, 0.15) is 36.4 Å². The number of nitrogens with zero attached hydrogens (tertiary/aromatic N) is 3. The molecular weight excluding hydrogens is 436 g/mol. The Kier molecular flexibility index (Phi) is 7.05. The van der Waals surface area contributed by atoms with Gasteiger partial charge in [-0.2, -0.15) is 4.98 Å². The number of ether oxygens (including phenoxy) is 2. The molecule has 1 aliphatic rings. The van der Waals surface area contributed by atoms with Crippen molar-refractivity contribution in [3.05, 3.63) is 71.2 Å². The molecule has 0 saturated heterocycles. The van der Waals surface area contributed by atoms with E-state index in [1.807, 2.05) is 31.2 Å². The van der Waals surface area contributed by atoms with Crippen molar-refractivity contribution < 1.29 is 14.0 Å². The first-order valence-corrected chi connectivity index (χ1v) is 11.3. The number of nitrogens with one attached hydrogen (secondary N) is 1. The summed E-state index contributed by atoms with van der Waals surface area (Å²) in [7, 11) is 3.34. The minimum absolute atomic E-state index is 0.199. The lowest BCUT2D eigenvalue weighted by Crippen LogP contribution is -2.46. The average molecular weight is 465 g/mol. The van der Waals surface area contributed by atoms with E-state index < -0.39 is 0 Å². The Hall–Kier alpha value is -3.23. The fourth-order valence-corrected chi connectivity index (χ4v) is 4.26. The highest BCUT2D eigenvalue weighted by Crippen LogP contribution is 2.37. The van der Waals surface area contributed by atoms with Crippen LogP contribution in [0.3, 0.4) is 0 Å². The molecule has 1 atom stereocenters. The molecule has 0 spiro atoms. The SMILES string of the molecule is COCCCN1C(=S)NC(c2ccc(C)cc2)C(c2nc(-c3cccc(OC)c3)no2)=C1C. The molecule has 2 heterocycles. The fraction of sp³-hybridized carbons (Fsp3) is 0.320. The predicted molar refractivity (Wildman–Crippen MR) is 132 cm³/mol. The van der Waals surface area contributed by atoms with Crippen molar-refractivity contribution in [2.24, 2.45) is 0 Å². The van der Waals surface area contributed by atoms with Gasteiger partial charge in [0.25, 0.3) is 5.89 Å². The van der Waals surface area contributed by atoms with E-state index in [2.05, 4.69) is 46.6 Å². The third-order valence-electron chi connectivity index (χ3n) is 5.72. The number of thiocarbonyl (C=S) groups is 1. The summed E-state index contributed by atoms with van der Waals surface area (Å²) >= 11 is 5.73. The van der Waals surface area contributed by atoms with Crippen LogP contribution >= 0.6 is 12.2 Å². The number of aryl methyl sites for hydroxylation is 1. The number of hydrogen-bond donors (Lipinski definition) is 1. The molecule has 0 fully saturated rings. The van der Waals surface area contributed by atoms with Gasteiger partial charge in [0.05, 0.1) is 18.7 Å². The molecule has 4 rings (SSSR count). The molecule has 172 valence electrons. The molecule has 7 nitrogen and oxygen atoms in total. The van der Waals surface area contributed by atoms with E-state index in [4.69, 9.17) is 31.2 Å². The molecule has 8 heteroatoms. The van der Waals surface area contributed by atoms with Crippen LogP contribution in [0.5, 0.6) is 5.75 Å². The van der Waals surface area contributed by atoms with Crippen LogP contribution < -0.4 is 10.1 Å². The minimum atomic E-state index is -0.199. The van der Waals surface area contributed by atoms with Crippen molar-refractivity contribution in [3.63, 3.8) is 0 Å². The maximum atomic E-state index is 5.79. The Bertz CT molecular complexity index is 1160. The van der Waals surface area contributed by atoms with Crippen LogP contribution in [0.4, 0.5) is 0 Å². The van der Waals surface area contributed by atoms with Gasteiger partial charge in [0, 0.05) is 31.5 Å². The number of allylic oxidation sites excluding steroid dienone is 1. The largest absolute Gasteiger partial charge is 0.497 e. The first-order valence-electron chi connectivity index (χ1n) is 10.8. The van der Waals surface area contributed by atoms with Gasteiger partial charge in [0.15, 0.2) is 5.11 Å². The molecule has 1 aromatic heterocycles. The third kappa shape index (κ3) is 4.91. The second-order valence-electron chi connectivity index (χ2n) is 7.95. The Balaban J connectivity index is 1.76. The van der Waals surface area contributed by atoms with Crippen molar-refractivity contribution in [2.75, 3.05) is 27.4 Å². The van der Waals surface area contributed by atoms with Crippen molar-refractivity contribution in [2.45, 2.75) is 26.3 Å². The zero-order valence-corrected chi connectivity index (χ0v) is 20.1. The Labute approximate surface area is 199 Å². The minimum Gasteiger partial charge on any atom is -0.497 e. The van der Waals surface area contributed by atoms with Crippen molar-refractivity contribution in [3.8, 4) is 17.1 Å². The zero-order valence-electron chi connectivity index (χ0n) is 19.3. The van der Waals surface area contributed by atoms with E-state index in [0.717, 1.165) is 41.1 Å².